The van der Waals surface area contributed by atoms with Crippen molar-refractivity contribution in [3.8, 4) is 0 Å². The minimum absolute atomic E-state index is 0.0961. The lowest BCUT2D eigenvalue weighted by atomic mass is 10.1. The Morgan fingerprint density at radius 1 is 1.00 bits per heavy atom. The first-order valence-electron chi connectivity index (χ1n) is 8.94. The second-order valence-corrected chi connectivity index (χ2v) is 8.35. The van der Waals surface area contributed by atoms with E-state index in [-0.39, 0.29) is 16.8 Å². The summed E-state index contributed by atoms with van der Waals surface area (Å²) in [6, 6.07) is 10.8. The molecule has 2 rings (SSSR count). The van der Waals surface area contributed by atoms with Crippen molar-refractivity contribution in [3.05, 3.63) is 53.6 Å². The van der Waals surface area contributed by atoms with Crippen molar-refractivity contribution >= 4 is 33.2 Å². The summed E-state index contributed by atoms with van der Waals surface area (Å²) in [5, 5.41) is 5.42. The van der Waals surface area contributed by atoms with E-state index in [2.05, 4.69) is 15.4 Å². The summed E-state index contributed by atoms with van der Waals surface area (Å²) in [5.41, 5.74) is 2.18. The number of carbonyl (C=O) groups is 2. The van der Waals surface area contributed by atoms with Crippen LogP contribution in [0.4, 0.5) is 11.4 Å². The Hall–Kier alpha value is -2.71. The number of amides is 2. The number of benzene rings is 2. The third kappa shape index (κ3) is 5.64. The molecule has 0 saturated heterocycles. The molecule has 3 N–H and O–H groups in total. The molecule has 0 aromatic heterocycles. The first-order chi connectivity index (χ1) is 13.1. The van der Waals surface area contributed by atoms with Crippen LogP contribution in [-0.4, -0.2) is 26.3 Å². The van der Waals surface area contributed by atoms with E-state index in [0.717, 1.165) is 5.56 Å². The molecule has 0 radical (unpaired) electrons. The summed E-state index contributed by atoms with van der Waals surface area (Å²) in [6.45, 7) is 6.93. The van der Waals surface area contributed by atoms with Gasteiger partial charge in [0, 0.05) is 18.5 Å². The summed E-state index contributed by atoms with van der Waals surface area (Å²) in [4.78, 5) is 24.0. The number of hydrogen-bond acceptors (Lipinski definition) is 4. The zero-order chi connectivity index (χ0) is 20.9. The van der Waals surface area contributed by atoms with E-state index >= 15 is 0 Å². The van der Waals surface area contributed by atoms with Crippen molar-refractivity contribution in [2.24, 2.45) is 0 Å². The van der Waals surface area contributed by atoms with Gasteiger partial charge in [-0.3, -0.25) is 9.59 Å². The second-order valence-electron chi connectivity index (χ2n) is 6.64. The maximum Gasteiger partial charge on any atom is 0.255 e. The summed E-state index contributed by atoms with van der Waals surface area (Å²) < 4.78 is 27.2. The number of carbonyl (C=O) groups excluding carboxylic acids is 2. The van der Waals surface area contributed by atoms with Crippen LogP contribution in [0.15, 0.2) is 47.4 Å². The van der Waals surface area contributed by atoms with E-state index in [0.29, 0.717) is 23.4 Å². The van der Waals surface area contributed by atoms with E-state index in [4.69, 9.17) is 0 Å². The topological polar surface area (TPSA) is 104 Å². The van der Waals surface area contributed by atoms with Crippen molar-refractivity contribution in [1.29, 1.82) is 0 Å². The van der Waals surface area contributed by atoms with Crippen molar-refractivity contribution in [3.63, 3.8) is 0 Å². The Morgan fingerprint density at radius 2 is 1.64 bits per heavy atom. The Balaban J connectivity index is 2.20. The molecule has 8 heteroatoms. The molecule has 0 bridgehead atoms. The summed E-state index contributed by atoms with van der Waals surface area (Å²) in [7, 11) is -3.63. The summed E-state index contributed by atoms with van der Waals surface area (Å²) in [6.07, 6.45) is 0.673. The van der Waals surface area contributed by atoms with Crippen LogP contribution in [0.3, 0.4) is 0 Å². The standard InChI is InChI=1S/C20H25N3O4S/c1-5-14(3)23-28(26,27)17-9-7-16(8-10-17)20(25)22-19-12-13(2)6-11-18(19)21-15(4)24/h6-12,14,23H,5H2,1-4H3,(H,21,24)(H,22,25). The number of rotatable bonds is 7. The van der Waals surface area contributed by atoms with Gasteiger partial charge in [0.2, 0.25) is 15.9 Å². The van der Waals surface area contributed by atoms with Gasteiger partial charge in [-0.05, 0) is 62.2 Å². The Morgan fingerprint density at radius 3 is 2.21 bits per heavy atom. The zero-order valence-corrected chi connectivity index (χ0v) is 17.2. The quantitative estimate of drug-likeness (QED) is 0.660. The van der Waals surface area contributed by atoms with Crippen LogP contribution >= 0.6 is 0 Å². The molecule has 2 aromatic rings. The smallest absolute Gasteiger partial charge is 0.255 e. The van der Waals surface area contributed by atoms with Crippen LogP contribution in [0.2, 0.25) is 0 Å². The number of hydrogen-bond donors (Lipinski definition) is 3. The lowest BCUT2D eigenvalue weighted by molar-refractivity contribution is -0.114. The lowest BCUT2D eigenvalue weighted by Crippen LogP contribution is -2.32. The van der Waals surface area contributed by atoms with Gasteiger partial charge >= 0.3 is 0 Å². The van der Waals surface area contributed by atoms with Gasteiger partial charge in [0.25, 0.3) is 5.91 Å². The predicted molar refractivity (Wildman–Crippen MR) is 110 cm³/mol. The highest BCUT2D eigenvalue weighted by Crippen LogP contribution is 2.24. The highest BCUT2D eigenvalue weighted by Gasteiger charge is 2.17. The average molecular weight is 404 g/mol. The van der Waals surface area contributed by atoms with Gasteiger partial charge in [0.05, 0.1) is 16.3 Å². The molecule has 150 valence electrons. The molecular weight excluding hydrogens is 378 g/mol. The van der Waals surface area contributed by atoms with Crippen molar-refractivity contribution in [1.82, 2.24) is 4.72 Å². The zero-order valence-electron chi connectivity index (χ0n) is 16.4. The van der Waals surface area contributed by atoms with Crippen molar-refractivity contribution in [2.45, 2.75) is 45.1 Å². The average Bonchev–Trinajstić information content (AvgIpc) is 2.63. The SMILES string of the molecule is CCC(C)NS(=O)(=O)c1ccc(C(=O)Nc2cc(C)ccc2NC(C)=O)cc1. The fourth-order valence-corrected chi connectivity index (χ4v) is 3.78. The van der Waals surface area contributed by atoms with Crippen molar-refractivity contribution < 1.29 is 18.0 Å². The molecule has 0 aliphatic rings. The van der Waals surface area contributed by atoms with Crippen LogP contribution in [0.25, 0.3) is 0 Å². The van der Waals surface area contributed by atoms with E-state index in [9.17, 15) is 18.0 Å². The Bertz CT molecular complexity index is 969. The van der Waals surface area contributed by atoms with Crippen LogP contribution in [0.5, 0.6) is 0 Å². The molecule has 7 nitrogen and oxygen atoms in total. The van der Waals surface area contributed by atoms with Crippen LogP contribution in [0.1, 0.15) is 43.1 Å². The van der Waals surface area contributed by atoms with Gasteiger partial charge in [0.15, 0.2) is 0 Å². The largest absolute Gasteiger partial charge is 0.325 e. The molecule has 2 aromatic carbocycles. The maximum atomic E-state index is 12.6. The summed E-state index contributed by atoms with van der Waals surface area (Å²) in [5.74, 6) is -0.654. The molecular formula is C20H25N3O4S. The van der Waals surface area contributed by atoms with E-state index in [1.54, 1.807) is 19.1 Å². The first-order valence-corrected chi connectivity index (χ1v) is 10.4. The van der Waals surface area contributed by atoms with Crippen LogP contribution in [0, 0.1) is 6.92 Å². The molecule has 0 aliphatic heterocycles. The van der Waals surface area contributed by atoms with Gasteiger partial charge in [-0.25, -0.2) is 13.1 Å². The highest BCUT2D eigenvalue weighted by atomic mass is 32.2. The minimum atomic E-state index is -3.63. The third-order valence-electron chi connectivity index (χ3n) is 4.13. The van der Waals surface area contributed by atoms with Crippen LogP contribution < -0.4 is 15.4 Å². The number of nitrogens with one attached hydrogen (secondary N) is 3. The third-order valence-corrected chi connectivity index (χ3v) is 5.73. The normalized spacial score (nSPS) is 12.3. The van der Waals surface area contributed by atoms with Gasteiger partial charge in [-0.2, -0.15) is 0 Å². The number of sulfonamides is 1. The molecule has 1 unspecified atom stereocenters. The van der Waals surface area contributed by atoms with E-state index in [1.165, 1.54) is 31.2 Å². The molecule has 2 amide bonds. The fraction of sp³-hybridized carbons (Fsp3) is 0.300. The van der Waals surface area contributed by atoms with E-state index < -0.39 is 15.9 Å². The van der Waals surface area contributed by atoms with Gasteiger partial charge < -0.3 is 10.6 Å². The molecule has 0 fully saturated rings. The molecule has 1 atom stereocenters. The molecule has 0 aliphatic carbocycles. The predicted octanol–water partition coefficient (Wildman–Crippen LogP) is 3.28. The maximum absolute atomic E-state index is 12.6. The lowest BCUT2D eigenvalue weighted by Gasteiger charge is -2.14. The van der Waals surface area contributed by atoms with Gasteiger partial charge in [0.1, 0.15) is 0 Å². The number of aryl methyl sites for hydroxylation is 1. The molecule has 0 spiro atoms. The van der Waals surface area contributed by atoms with Gasteiger partial charge in [-0.1, -0.05) is 13.0 Å². The van der Waals surface area contributed by atoms with Crippen LogP contribution in [-0.2, 0) is 14.8 Å². The molecule has 28 heavy (non-hydrogen) atoms. The second kappa shape index (κ2) is 8.99. The van der Waals surface area contributed by atoms with Gasteiger partial charge in [-0.15, -0.1) is 0 Å². The Kier molecular flexibility index (Phi) is 6.93. The van der Waals surface area contributed by atoms with Crippen molar-refractivity contribution in [2.75, 3.05) is 10.6 Å². The summed E-state index contributed by atoms with van der Waals surface area (Å²) >= 11 is 0. The Labute approximate surface area is 165 Å². The molecule has 0 saturated carbocycles. The van der Waals surface area contributed by atoms with E-state index in [1.807, 2.05) is 19.9 Å². The minimum Gasteiger partial charge on any atom is -0.325 e. The monoisotopic (exact) mass is 403 g/mol. The highest BCUT2D eigenvalue weighted by molar-refractivity contribution is 7.89. The number of anilines is 2. The first kappa shape index (κ1) is 21.6. The molecule has 0 heterocycles. The fourth-order valence-electron chi connectivity index (χ4n) is 2.46.